The molecule has 0 aliphatic carbocycles. The van der Waals surface area contributed by atoms with Crippen molar-refractivity contribution in [1.29, 1.82) is 0 Å². The van der Waals surface area contributed by atoms with Gasteiger partial charge in [-0.15, -0.1) is 11.3 Å². The van der Waals surface area contributed by atoms with E-state index in [2.05, 4.69) is 5.32 Å². The van der Waals surface area contributed by atoms with Crippen LogP contribution in [0.25, 0.3) is 0 Å². The molecule has 160 valence electrons. The van der Waals surface area contributed by atoms with Crippen LogP contribution < -0.4 is 5.32 Å². The Bertz CT molecular complexity index is 854. The average Bonchev–Trinajstić information content (AvgIpc) is 3.45. The molecule has 0 spiro atoms. The van der Waals surface area contributed by atoms with Gasteiger partial charge >= 0.3 is 0 Å². The lowest BCUT2D eigenvalue weighted by molar-refractivity contribution is -0.136. The Labute approximate surface area is 184 Å². The highest BCUT2D eigenvalue weighted by molar-refractivity contribution is 7.99. The molecule has 2 aromatic rings. The maximum absolute atomic E-state index is 13.4. The molecule has 2 aliphatic heterocycles. The minimum absolute atomic E-state index is 0.119. The van der Waals surface area contributed by atoms with E-state index in [-0.39, 0.29) is 36.3 Å². The van der Waals surface area contributed by atoms with Crippen LogP contribution in [0.4, 0.5) is 4.39 Å². The van der Waals surface area contributed by atoms with E-state index in [9.17, 15) is 14.0 Å². The van der Waals surface area contributed by atoms with Crippen LogP contribution in [0.3, 0.4) is 0 Å². The van der Waals surface area contributed by atoms with Gasteiger partial charge in [0.05, 0.1) is 18.6 Å². The van der Waals surface area contributed by atoms with Crippen LogP contribution in [-0.2, 0) is 9.59 Å². The number of nitrogens with zero attached hydrogens (tertiary/aromatic N) is 2. The molecule has 2 unspecified atom stereocenters. The van der Waals surface area contributed by atoms with Crippen molar-refractivity contribution in [2.45, 2.75) is 24.9 Å². The van der Waals surface area contributed by atoms with Gasteiger partial charge in [-0.3, -0.25) is 14.5 Å². The standard InChI is InChI=1S/C22H26FN3O2S2/c23-17-7-5-16(6-8-17)21(19-4-2-12-30-19)24-20(27)15-26-9-1-3-18(26)22(28)25-10-13-29-14-11-25/h2,4-8,12,18,21H,1,3,9-11,13-15H2,(H,24,27). The molecule has 2 atom stereocenters. The maximum Gasteiger partial charge on any atom is 0.239 e. The Morgan fingerprint density at radius 3 is 2.60 bits per heavy atom. The van der Waals surface area contributed by atoms with Gasteiger partial charge in [0.25, 0.3) is 0 Å². The van der Waals surface area contributed by atoms with E-state index in [1.54, 1.807) is 23.5 Å². The minimum Gasteiger partial charge on any atom is -0.343 e. The topological polar surface area (TPSA) is 52.7 Å². The molecule has 0 bridgehead atoms. The lowest BCUT2D eigenvalue weighted by Gasteiger charge is -2.32. The third-order valence-corrected chi connectivity index (χ3v) is 7.53. The first kappa shape index (κ1) is 21.3. The SMILES string of the molecule is O=C(CN1CCCC1C(=O)N1CCSCC1)NC(c1ccc(F)cc1)c1cccs1. The molecule has 4 rings (SSSR count). The summed E-state index contributed by atoms with van der Waals surface area (Å²) in [6.07, 6.45) is 1.74. The summed E-state index contributed by atoms with van der Waals surface area (Å²) >= 11 is 3.43. The van der Waals surface area contributed by atoms with E-state index in [4.69, 9.17) is 0 Å². The van der Waals surface area contributed by atoms with Gasteiger partial charge < -0.3 is 10.2 Å². The van der Waals surface area contributed by atoms with E-state index >= 15 is 0 Å². The highest BCUT2D eigenvalue weighted by Crippen LogP contribution is 2.27. The predicted molar refractivity (Wildman–Crippen MR) is 119 cm³/mol. The molecule has 5 nitrogen and oxygen atoms in total. The van der Waals surface area contributed by atoms with Crippen molar-refractivity contribution in [1.82, 2.24) is 15.1 Å². The molecule has 1 aromatic heterocycles. The monoisotopic (exact) mass is 447 g/mol. The van der Waals surface area contributed by atoms with E-state index in [0.29, 0.717) is 0 Å². The first-order valence-electron chi connectivity index (χ1n) is 10.3. The van der Waals surface area contributed by atoms with Gasteiger partial charge in [-0.2, -0.15) is 11.8 Å². The molecule has 2 fully saturated rings. The summed E-state index contributed by atoms with van der Waals surface area (Å²) in [7, 11) is 0. The zero-order valence-corrected chi connectivity index (χ0v) is 18.4. The number of nitrogens with one attached hydrogen (secondary N) is 1. The summed E-state index contributed by atoms with van der Waals surface area (Å²) in [5.74, 6) is 1.71. The van der Waals surface area contributed by atoms with Crippen molar-refractivity contribution in [3.05, 3.63) is 58.0 Å². The number of likely N-dealkylation sites (tertiary alicyclic amines) is 1. The van der Waals surface area contributed by atoms with Crippen molar-refractivity contribution >= 4 is 34.9 Å². The van der Waals surface area contributed by atoms with Gasteiger partial charge in [0, 0.05) is 29.5 Å². The van der Waals surface area contributed by atoms with Crippen molar-refractivity contribution in [2.75, 3.05) is 37.7 Å². The number of carbonyl (C=O) groups excluding carboxylic acids is 2. The van der Waals surface area contributed by atoms with Crippen LogP contribution in [0, 0.1) is 5.82 Å². The Balaban J connectivity index is 1.42. The van der Waals surface area contributed by atoms with E-state index < -0.39 is 0 Å². The fourth-order valence-corrected chi connectivity index (χ4v) is 5.82. The predicted octanol–water partition coefficient (Wildman–Crippen LogP) is 3.13. The van der Waals surface area contributed by atoms with Crippen molar-refractivity contribution in [3.8, 4) is 0 Å². The highest BCUT2D eigenvalue weighted by atomic mass is 32.2. The van der Waals surface area contributed by atoms with Gasteiger partial charge in [-0.25, -0.2) is 4.39 Å². The number of thioether (sulfide) groups is 1. The van der Waals surface area contributed by atoms with Gasteiger partial charge in [0.1, 0.15) is 5.82 Å². The minimum atomic E-state index is -0.325. The van der Waals surface area contributed by atoms with Crippen LogP contribution in [0.5, 0.6) is 0 Å². The maximum atomic E-state index is 13.4. The summed E-state index contributed by atoms with van der Waals surface area (Å²) in [4.78, 5) is 30.9. The molecule has 0 radical (unpaired) electrons. The Morgan fingerprint density at radius 2 is 1.90 bits per heavy atom. The van der Waals surface area contributed by atoms with E-state index in [1.807, 2.05) is 39.1 Å². The number of amides is 2. The Kier molecular flexibility index (Phi) is 7.07. The van der Waals surface area contributed by atoms with Crippen molar-refractivity contribution in [3.63, 3.8) is 0 Å². The number of rotatable bonds is 6. The molecule has 0 saturated carbocycles. The molecule has 1 aromatic carbocycles. The van der Waals surface area contributed by atoms with Crippen LogP contribution in [-0.4, -0.2) is 65.3 Å². The molecule has 2 saturated heterocycles. The third kappa shape index (κ3) is 5.04. The largest absolute Gasteiger partial charge is 0.343 e. The lowest BCUT2D eigenvalue weighted by Crippen LogP contribution is -2.50. The first-order chi connectivity index (χ1) is 14.6. The summed E-state index contributed by atoms with van der Waals surface area (Å²) in [6, 6.07) is 9.61. The second-order valence-electron chi connectivity index (χ2n) is 7.63. The smallest absolute Gasteiger partial charge is 0.239 e. The number of carbonyl (C=O) groups is 2. The number of benzene rings is 1. The molecule has 8 heteroatoms. The summed E-state index contributed by atoms with van der Waals surface area (Å²) in [5.41, 5.74) is 0.840. The fourth-order valence-electron chi connectivity index (χ4n) is 4.11. The number of halogens is 1. The quantitative estimate of drug-likeness (QED) is 0.739. The molecule has 2 amide bonds. The molecule has 3 heterocycles. The van der Waals surface area contributed by atoms with Gasteiger partial charge in [-0.05, 0) is 48.5 Å². The van der Waals surface area contributed by atoms with Gasteiger partial charge in [0.2, 0.25) is 11.8 Å². The van der Waals surface area contributed by atoms with Gasteiger partial charge in [0.15, 0.2) is 0 Å². The van der Waals surface area contributed by atoms with Crippen molar-refractivity contribution < 1.29 is 14.0 Å². The summed E-state index contributed by atoms with van der Waals surface area (Å²) in [5, 5.41) is 5.06. The number of hydrogen-bond acceptors (Lipinski definition) is 5. The first-order valence-corrected chi connectivity index (χ1v) is 12.3. The zero-order valence-electron chi connectivity index (χ0n) is 16.8. The molecular formula is C22H26FN3O2S2. The average molecular weight is 448 g/mol. The molecule has 30 heavy (non-hydrogen) atoms. The number of hydrogen-bond donors (Lipinski definition) is 1. The van der Waals surface area contributed by atoms with Crippen LogP contribution in [0.15, 0.2) is 41.8 Å². The lowest BCUT2D eigenvalue weighted by atomic mass is 10.1. The zero-order chi connectivity index (χ0) is 20.9. The molecular weight excluding hydrogens is 421 g/mol. The van der Waals surface area contributed by atoms with Crippen LogP contribution in [0.1, 0.15) is 29.3 Å². The second kappa shape index (κ2) is 9.94. The van der Waals surface area contributed by atoms with Crippen molar-refractivity contribution in [2.24, 2.45) is 0 Å². The summed E-state index contributed by atoms with van der Waals surface area (Å²) in [6.45, 7) is 2.55. The van der Waals surface area contributed by atoms with Crippen LogP contribution in [0.2, 0.25) is 0 Å². The summed E-state index contributed by atoms with van der Waals surface area (Å²) < 4.78 is 13.4. The Hall–Kier alpha value is -1.90. The van der Waals surface area contributed by atoms with Gasteiger partial charge in [-0.1, -0.05) is 18.2 Å². The van der Waals surface area contributed by atoms with E-state index in [0.717, 1.165) is 54.4 Å². The normalized spacial score (nSPS) is 20.8. The molecule has 2 aliphatic rings. The number of thiophene rings is 1. The third-order valence-electron chi connectivity index (χ3n) is 5.65. The molecule has 1 N–H and O–H groups in total. The van der Waals surface area contributed by atoms with E-state index in [1.165, 1.54) is 12.1 Å². The Morgan fingerprint density at radius 1 is 1.13 bits per heavy atom. The van der Waals surface area contributed by atoms with Crippen LogP contribution >= 0.6 is 23.1 Å². The highest BCUT2D eigenvalue weighted by Gasteiger charge is 2.35. The fraction of sp³-hybridized carbons (Fsp3) is 0.455. The second-order valence-corrected chi connectivity index (χ2v) is 9.84.